The van der Waals surface area contributed by atoms with Gasteiger partial charge in [-0.25, -0.2) is 0 Å². The molecule has 0 N–H and O–H groups in total. The van der Waals surface area contributed by atoms with Crippen molar-refractivity contribution >= 4 is 5.97 Å². The fourth-order valence-electron chi connectivity index (χ4n) is 2.18. The smallest absolute Gasteiger partial charge is 0.307 e. The Hall–Kier alpha value is -2.01. The van der Waals surface area contributed by atoms with E-state index in [2.05, 4.69) is 32.3 Å². The Morgan fingerprint density at radius 1 is 1.32 bits per heavy atom. The van der Waals surface area contributed by atoms with Crippen molar-refractivity contribution < 1.29 is 9.53 Å². The second-order valence-corrected chi connectivity index (χ2v) is 5.71. The highest BCUT2D eigenvalue weighted by Crippen LogP contribution is 2.15. The molecule has 0 saturated carbocycles. The topological polar surface area (TPSA) is 26.3 Å². The van der Waals surface area contributed by atoms with Gasteiger partial charge in [0.1, 0.15) is 0 Å². The monoisotopic (exact) mass is 298 g/mol. The summed E-state index contributed by atoms with van der Waals surface area (Å²) in [6.45, 7) is 9.82. The van der Waals surface area contributed by atoms with E-state index in [1.807, 2.05) is 37.3 Å². The molecule has 2 nitrogen and oxygen atoms in total. The predicted molar refractivity (Wildman–Crippen MR) is 91.3 cm³/mol. The Labute approximate surface area is 134 Å². The van der Waals surface area contributed by atoms with Crippen LogP contribution in [0.1, 0.15) is 45.6 Å². The van der Waals surface area contributed by atoms with Crippen LogP contribution in [0.4, 0.5) is 0 Å². The van der Waals surface area contributed by atoms with Gasteiger partial charge in [0, 0.05) is 12.3 Å². The van der Waals surface area contributed by atoms with E-state index >= 15 is 0 Å². The fourth-order valence-corrected chi connectivity index (χ4v) is 2.18. The number of carbonyl (C=O) groups is 1. The van der Waals surface area contributed by atoms with E-state index in [1.165, 1.54) is 0 Å². The van der Waals surface area contributed by atoms with Crippen molar-refractivity contribution in [2.45, 2.75) is 52.6 Å². The van der Waals surface area contributed by atoms with Crippen LogP contribution in [0.2, 0.25) is 0 Å². The van der Waals surface area contributed by atoms with E-state index in [4.69, 9.17) is 4.74 Å². The lowest BCUT2D eigenvalue weighted by atomic mass is 9.99. The maximum Gasteiger partial charge on any atom is 0.307 e. The molecule has 0 aliphatic rings. The minimum Gasteiger partial charge on any atom is -0.449 e. The van der Waals surface area contributed by atoms with Gasteiger partial charge >= 0.3 is 5.97 Å². The molecule has 0 spiro atoms. The predicted octanol–water partition coefficient (Wildman–Crippen LogP) is 4.55. The number of esters is 1. The standard InChI is InChI=1S/C20H26O2/c1-5-9-17(4)19(14-12-16(2)3)22-20(21)15-13-18-10-7-6-8-11-18/h6-8,10-11,17,19H,2,5,9,13,15H2,1,3-4H3. The molecule has 0 aliphatic heterocycles. The van der Waals surface area contributed by atoms with E-state index in [0.29, 0.717) is 12.8 Å². The molecule has 0 radical (unpaired) electrons. The van der Waals surface area contributed by atoms with Gasteiger partial charge in [-0.1, -0.05) is 69.0 Å². The van der Waals surface area contributed by atoms with E-state index in [9.17, 15) is 4.79 Å². The summed E-state index contributed by atoms with van der Waals surface area (Å²) in [5.74, 6) is 6.03. The minimum absolute atomic E-state index is 0.187. The van der Waals surface area contributed by atoms with Crippen LogP contribution >= 0.6 is 0 Å². The Bertz CT molecular complexity index is 534. The zero-order valence-electron chi connectivity index (χ0n) is 13.9. The molecular weight excluding hydrogens is 272 g/mol. The first-order valence-corrected chi connectivity index (χ1v) is 7.93. The third-order valence-electron chi connectivity index (χ3n) is 3.41. The molecule has 1 rings (SSSR count). The zero-order chi connectivity index (χ0) is 16.4. The van der Waals surface area contributed by atoms with Crippen LogP contribution in [0, 0.1) is 17.8 Å². The van der Waals surface area contributed by atoms with Gasteiger partial charge in [0.15, 0.2) is 6.10 Å². The molecule has 118 valence electrons. The summed E-state index contributed by atoms with van der Waals surface area (Å²) >= 11 is 0. The average Bonchev–Trinajstić information content (AvgIpc) is 2.50. The van der Waals surface area contributed by atoms with Crippen molar-refractivity contribution in [3.63, 3.8) is 0 Å². The maximum atomic E-state index is 12.1. The van der Waals surface area contributed by atoms with Crippen molar-refractivity contribution in [2.24, 2.45) is 5.92 Å². The number of allylic oxidation sites excluding steroid dienone is 1. The summed E-state index contributed by atoms with van der Waals surface area (Å²) in [4.78, 5) is 12.1. The summed E-state index contributed by atoms with van der Waals surface area (Å²) in [7, 11) is 0. The second kappa shape index (κ2) is 9.84. The van der Waals surface area contributed by atoms with Crippen LogP contribution in [0.25, 0.3) is 0 Å². The van der Waals surface area contributed by atoms with Crippen molar-refractivity contribution in [1.29, 1.82) is 0 Å². The number of benzene rings is 1. The number of aryl methyl sites for hydroxylation is 1. The average molecular weight is 298 g/mol. The van der Waals surface area contributed by atoms with Crippen LogP contribution in [-0.4, -0.2) is 12.1 Å². The molecule has 1 aromatic carbocycles. The van der Waals surface area contributed by atoms with Crippen LogP contribution in [-0.2, 0) is 16.0 Å². The molecule has 2 atom stereocenters. The zero-order valence-corrected chi connectivity index (χ0v) is 13.9. The fraction of sp³-hybridized carbons (Fsp3) is 0.450. The number of carbonyl (C=O) groups excluding carboxylic acids is 1. The Kier molecular flexibility index (Phi) is 8.07. The molecule has 0 aliphatic carbocycles. The third kappa shape index (κ3) is 7.13. The first-order chi connectivity index (χ1) is 10.5. The number of hydrogen-bond acceptors (Lipinski definition) is 2. The van der Waals surface area contributed by atoms with Gasteiger partial charge in [0.2, 0.25) is 0 Å². The molecule has 0 heterocycles. The van der Waals surface area contributed by atoms with E-state index in [0.717, 1.165) is 24.0 Å². The molecule has 2 unspecified atom stereocenters. The maximum absolute atomic E-state index is 12.1. The highest BCUT2D eigenvalue weighted by Gasteiger charge is 2.18. The Balaban J connectivity index is 2.58. The molecule has 0 amide bonds. The van der Waals surface area contributed by atoms with E-state index in [1.54, 1.807) is 0 Å². The van der Waals surface area contributed by atoms with Crippen molar-refractivity contribution in [3.05, 3.63) is 48.0 Å². The van der Waals surface area contributed by atoms with Gasteiger partial charge in [-0.3, -0.25) is 4.79 Å². The van der Waals surface area contributed by atoms with Crippen molar-refractivity contribution in [1.82, 2.24) is 0 Å². The summed E-state index contributed by atoms with van der Waals surface area (Å²) in [5.41, 5.74) is 1.93. The Morgan fingerprint density at radius 3 is 2.59 bits per heavy atom. The third-order valence-corrected chi connectivity index (χ3v) is 3.41. The largest absolute Gasteiger partial charge is 0.449 e. The Morgan fingerprint density at radius 2 is 2.00 bits per heavy atom. The SMILES string of the molecule is C=C(C)C#CC(OC(=O)CCc1ccccc1)C(C)CCC. The molecule has 22 heavy (non-hydrogen) atoms. The normalized spacial score (nSPS) is 12.7. The van der Waals surface area contributed by atoms with Gasteiger partial charge < -0.3 is 4.74 Å². The van der Waals surface area contributed by atoms with E-state index < -0.39 is 0 Å². The quantitative estimate of drug-likeness (QED) is 0.545. The summed E-state index contributed by atoms with van der Waals surface area (Å²) in [6.07, 6.45) is 2.77. The number of ether oxygens (including phenoxy) is 1. The molecule has 1 aromatic rings. The van der Waals surface area contributed by atoms with Crippen molar-refractivity contribution in [2.75, 3.05) is 0 Å². The van der Waals surface area contributed by atoms with Crippen LogP contribution in [0.3, 0.4) is 0 Å². The first-order valence-electron chi connectivity index (χ1n) is 7.93. The van der Waals surface area contributed by atoms with Crippen LogP contribution in [0.15, 0.2) is 42.5 Å². The highest BCUT2D eigenvalue weighted by atomic mass is 16.5. The van der Waals surface area contributed by atoms with Gasteiger partial charge in [-0.05, 0) is 30.9 Å². The molecule has 0 fully saturated rings. The molecule has 2 heteroatoms. The molecule has 0 saturated heterocycles. The lowest BCUT2D eigenvalue weighted by molar-refractivity contribution is -0.148. The number of rotatable bonds is 7. The number of hydrogen-bond donors (Lipinski definition) is 0. The summed E-state index contributed by atoms with van der Waals surface area (Å²) in [5, 5.41) is 0. The van der Waals surface area contributed by atoms with Gasteiger partial charge in [0.25, 0.3) is 0 Å². The summed E-state index contributed by atoms with van der Waals surface area (Å²) < 4.78 is 5.58. The second-order valence-electron chi connectivity index (χ2n) is 5.71. The summed E-state index contributed by atoms with van der Waals surface area (Å²) in [6, 6.07) is 9.96. The van der Waals surface area contributed by atoms with Gasteiger partial charge in [-0.15, -0.1) is 0 Å². The van der Waals surface area contributed by atoms with Crippen molar-refractivity contribution in [3.8, 4) is 11.8 Å². The van der Waals surface area contributed by atoms with Gasteiger partial charge in [-0.2, -0.15) is 0 Å². The van der Waals surface area contributed by atoms with Gasteiger partial charge in [0.05, 0.1) is 0 Å². The minimum atomic E-state index is -0.347. The first kappa shape index (κ1) is 18.0. The van der Waals surface area contributed by atoms with E-state index in [-0.39, 0.29) is 18.0 Å². The molecule has 0 aromatic heterocycles. The lowest BCUT2D eigenvalue weighted by Crippen LogP contribution is -2.24. The highest BCUT2D eigenvalue weighted by molar-refractivity contribution is 5.70. The molecular formula is C20H26O2. The lowest BCUT2D eigenvalue weighted by Gasteiger charge is -2.19. The van der Waals surface area contributed by atoms with Crippen LogP contribution in [0.5, 0.6) is 0 Å². The molecule has 0 bridgehead atoms. The van der Waals surface area contributed by atoms with Crippen LogP contribution < -0.4 is 0 Å².